The average molecular weight is 315 g/mol. The first-order chi connectivity index (χ1) is 10.5. The Morgan fingerprint density at radius 2 is 2.23 bits per heavy atom. The molecule has 5 nitrogen and oxygen atoms in total. The summed E-state index contributed by atoms with van der Waals surface area (Å²) >= 11 is 1.53. The minimum Gasteiger partial charge on any atom is -0.326 e. The number of aromatic nitrogens is 2. The van der Waals surface area contributed by atoms with E-state index in [4.69, 9.17) is 0 Å². The second-order valence-corrected chi connectivity index (χ2v) is 6.46. The Labute approximate surface area is 132 Å². The van der Waals surface area contributed by atoms with Crippen LogP contribution in [-0.2, 0) is 4.79 Å². The Morgan fingerprint density at radius 3 is 3.00 bits per heavy atom. The first kappa shape index (κ1) is 14.8. The van der Waals surface area contributed by atoms with Crippen molar-refractivity contribution in [3.63, 3.8) is 0 Å². The summed E-state index contributed by atoms with van der Waals surface area (Å²) < 4.78 is 1.63. The molecular weight excluding hydrogens is 298 g/mol. The van der Waals surface area contributed by atoms with Crippen LogP contribution in [0.3, 0.4) is 0 Å². The van der Waals surface area contributed by atoms with E-state index in [1.807, 2.05) is 31.2 Å². The smallest absolute Gasteiger partial charge is 0.254 e. The number of nitrogens with one attached hydrogen (secondary N) is 1. The first-order valence-electron chi connectivity index (χ1n) is 7.12. The van der Waals surface area contributed by atoms with E-state index in [-0.39, 0.29) is 23.9 Å². The van der Waals surface area contributed by atoms with Crippen molar-refractivity contribution in [2.75, 3.05) is 11.1 Å². The molecule has 1 aromatic heterocycles. The highest BCUT2D eigenvalue weighted by Crippen LogP contribution is 2.32. The van der Waals surface area contributed by atoms with Crippen LogP contribution in [-0.4, -0.2) is 21.2 Å². The van der Waals surface area contributed by atoms with Crippen LogP contribution in [0.4, 0.5) is 5.69 Å². The van der Waals surface area contributed by atoms with Gasteiger partial charge in [0.2, 0.25) is 5.91 Å². The number of rotatable bonds is 3. The molecule has 2 heterocycles. The van der Waals surface area contributed by atoms with Crippen LogP contribution in [0.5, 0.6) is 0 Å². The molecular formula is C16H17N3O2S. The summed E-state index contributed by atoms with van der Waals surface area (Å²) in [5.74, 6) is 0.615. The van der Waals surface area contributed by atoms with Gasteiger partial charge in [0.1, 0.15) is 0 Å². The highest BCUT2D eigenvalue weighted by molar-refractivity contribution is 7.99. The van der Waals surface area contributed by atoms with Crippen LogP contribution in [0.25, 0.3) is 0 Å². The summed E-state index contributed by atoms with van der Waals surface area (Å²) in [7, 11) is 0. The van der Waals surface area contributed by atoms with Gasteiger partial charge in [-0.25, -0.2) is 4.98 Å². The third-order valence-corrected chi connectivity index (χ3v) is 4.64. The standard InChI is InChI=1S/C16H17N3O2S/c1-10-4-3-5-12(6-10)18-14(20)8-13-9-22-16-17-11(2)7-15(21)19(13)16/h3-7,13H,8-9H2,1-2H3,(H,18,20). The molecule has 1 aromatic carbocycles. The van der Waals surface area contributed by atoms with Crippen molar-refractivity contribution in [1.82, 2.24) is 9.55 Å². The Bertz CT molecular complexity index is 785. The molecule has 0 saturated heterocycles. The van der Waals surface area contributed by atoms with E-state index in [1.165, 1.54) is 17.8 Å². The predicted molar refractivity (Wildman–Crippen MR) is 87.4 cm³/mol. The molecule has 1 aliphatic rings. The monoisotopic (exact) mass is 315 g/mol. The Hall–Kier alpha value is -2.08. The summed E-state index contributed by atoms with van der Waals surface area (Å²) in [5.41, 5.74) is 2.51. The van der Waals surface area contributed by atoms with Gasteiger partial charge in [0.05, 0.1) is 6.04 Å². The molecule has 3 rings (SSSR count). The van der Waals surface area contributed by atoms with Crippen molar-refractivity contribution >= 4 is 23.4 Å². The van der Waals surface area contributed by atoms with E-state index >= 15 is 0 Å². The van der Waals surface area contributed by atoms with Crippen LogP contribution in [0.1, 0.15) is 23.7 Å². The molecule has 0 fully saturated rings. The molecule has 22 heavy (non-hydrogen) atoms. The quantitative estimate of drug-likeness (QED) is 0.884. The SMILES string of the molecule is Cc1cccc(NC(=O)CC2CSc3nc(C)cc(=O)n32)c1. The normalized spacial score (nSPS) is 16.4. The van der Waals surface area contributed by atoms with Gasteiger partial charge in [-0.15, -0.1) is 0 Å². The molecule has 114 valence electrons. The minimum atomic E-state index is -0.134. The predicted octanol–water partition coefficient (Wildman–Crippen LogP) is 2.54. The number of benzene rings is 1. The maximum absolute atomic E-state index is 12.2. The first-order valence-corrected chi connectivity index (χ1v) is 8.11. The van der Waals surface area contributed by atoms with Gasteiger partial charge in [0, 0.05) is 29.6 Å². The number of anilines is 1. The molecule has 1 aliphatic heterocycles. The zero-order chi connectivity index (χ0) is 15.7. The highest BCUT2D eigenvalue weighted by Gasteiger charge is 2.27. The maximum Gasteiger partial charge on any atom is 0.254 e. The van der Waals surface area contributed by atoms with Crippen molar-refractivity contribution in [1.29, 1.82) is 0 Å². The van der Waals surface area contributed by atoms with Gasteiger partial charge >= 0.3 is 0 Å². The van der Waals surface area contributed by atoms with Crippen molar-refractivity contribution in [2.24, 2.45) is 0 Å². The lowest BCUT2D eigenvalue weighted by atomic mass is 10.2. The Morgan fingerprint density at radius 1 is 1.41 bits per heavy atom. The molecule has 0 aliphatic carbocycles. The highest BCUT2D eigenvalue weighted by atomic mass is 32.2. The van der Waals surface area contributed by atoms with E-state index in [1.54, 1.807) is 11.5 Å². The summed E-state index contributed by atoms with van der Waals surface area (Å²) in [4.78, 5) is 28.7. The summed E-state index contributed by atoms with van der Waals surface area (Å²) in [6.07, 6.45) is 0.276. The molecule has 1 atom stereocenters. The number of hydrogen-bond donors (Lipinski definition) is 1. The van der Waals surface area contributed by atoms with Crippen LogP contribution < -0.4 is 10.9 Å². The second-order valence-electron chi connectivity index (χ2n) is 5.47. The number of aryl methyl sites for hydroxylation is 2. The lowest BCUT2D eigenvalue weighted by Crippen LogP contribution is -2.27. The van der Waals surface area contributed by atoms with Crippen molar-refractivity contribution in [2.45, 2.75) is 31.5 Å². The zero-order valence-corrected chi connectivity index (χ0v) is 13.3. The van der Waals surface area contributed by atoms with Gasteiger partial charge in [0.25, 0.3) is 5.56 Å². The fraction of sp³-hybridized carbons (Fsp3) is 0.312. The molecule has 2 aromatic rings. The van der Waals surface area contributed by atoms with Gasteiger partial charge in [-0.1, -0.05) is 23.9 Å². The topological polar surface area (TPSA) is 64.0 Å². The fourth-order valence-electron chi connectivity index (χ4n) is 2.56. The van der Waals surface area contributed by atoms with E-state index in [0.29, 0.717) is 16.6 Å². The molecule has 0 radical (unpaired) electrons. The third-order valence-electron chi connectivity index (χ3n) is 3.54. The van der Waals surface area contributed by atoms with Gasteiger partial charge < -0.3 is 5.32 Å². The molecule has 1 amide bonds. The summed E-state index contributed by atoms with van der Waals surface area (Å²) in [6.45, 7) is 3.79. The third kappa shape index (κ3) is 3.06. The van der Waals surface area contributed by atoms with Crippen LogP contribution in [0.2, 0.25) is 0 Å². The van der Waals surface area contributed by atoms with E-state index < -0.39 is 0 Å². The molecule has 1 unspecified atom stereocenters. The van der Waals surface area contributed by atoms with E-state index in [0.717, 1.165) is 11.3 Å². The summed E-state index contributed by atoms with van der Waals surface area (Å²) in [5, 5.41) is 3.59. The van der Waals surface area contributed by atoms with E-state index in [9.17, 15) is 9.59 Å². The van der Waals surface area contributed by atoms with Crippen molar-refractivity contribution < 1.29 is 4.79 Å². The fourth-order valence-corrected chi connectivity index (χ4v) is 3.76. The van der Waals surface area contributed by atoms with Crippen molar-refractivity contribution in [3.05, 3.63) is 51.9 Å². The van der Waals surface area contributed by atoms with E-state index in [2.05, 4.69) is 10.3 Å². The van der Waals surface area contributed by atoms with Gasteiger partial charge in [-0.05, 0) is 31.5 Å². The number of nitrogens with zero attached hydrogens (tertiary/aromatic N) is 2. The lowest BCUT2D eigenvalue weighted by molar-refractivity contribution is -0.116. The lowest BCUT2D eigenvalue weighted by Gasteiger charge is -2.13. The summed E-state index contributed by atoms with van der Waals surface area (Å²) in [6, 6.07) is 9.05. The number of fused-ring (bicyclic) bond motifs is 1. The van der Waals surface area contributed by atoms with Gasteiger partial charge in [0.15, 0.2) is 5.16 Å². The maximum atomic E-state index is 12.2. The largest absolute Gasteiger partial charge is 0.326 e. The molecule has 0 bridgehead atoms. The number of thioether (sulfide) groups is 1. The number of carbonyl (C=O) groups is 1. The molecule has 0 spiro atoms. The molecule has 0 saturated carbocycles. The average Bonchev–Trinajstić information content (AvgIpc) is 2.81. The van der Waals surface area contributed by atoms with Gasteiger partial charge in [-0.2, -0.15) is 0 Å². The minimum absolute atomic E-state index is 0.0825. The Balaban J connectivity index is 1.73. The second kappa shape index (κ2) is 5.96. The Kier molecular flexibility index (Phi) is 4.02. The van der Waals surface area contributed by atoms with Crippen molar-refractivity contribution in [3.8, 4) is 0 Å². The van der Waals surface area contributed by atoms with Crippen LogP contribution in [0, 0.1) is 13.8 Å². The van der Waals surface area contributed by atoms with Crippen LogP contribution >= 0.6 is 11.8 Å². The zero-order valence-electron chi connectivity index (χ0n) is 12.5. The molecule has 6 heteroatoms. The number of amides is 1. The molecule has 1 N–H and O–H groups in total. The number of hydrogen-bond acceptors (Lipinski definition) is 4. The van der Waals surface area contributed by atoms with Gasteiger partial charge in [-0.3, -0.25) is 14.2 Å². The van der Waals surface area contributed by atoms with Crippen LogP contribution in [0.15, 0.2) is 40.3 Å². The number of carbonyl (C=O) groups excluding carboxylic acids is 1.